The van der Waals surface area contributed by atoms with Gasteiger partial charge in [0.15, 0.2) is 0 Å². The van der Waals surface area contributed by atoms with Gasteiger partial charge in [-0.3, -0.25) is 0 Å². The van der Waals surface area contributed by atoms with Crippen LogP contribution in [-0.4, -0.2) is 25.3 Å². The van der Waals surface area contributed by atoms with Crippen LogP contribution in [0.2, 0.25) is 5.02 Å². The van der Waals surface area contributed by atoms with E-state index >= 15 is 0 Å². The number of hydrogen-bond donors (Lipinski definition) is 2. The summed E-state index contributed by atoms with van der Waals surface area (Å²) >= 11 is 6.12. The van der Waals surface area contributed by atoms with E-state index in [0.717, 1.165) is 23.7 Å². The third-order valence-corrected chi connectivity index (χ3v) is 3.63. The van der Waals surface area contributed by atoms with E-state index in [0.29, 0.717) is 12.5 Å². The zero-order valence-corrected chi connectivity index (χ0v) is 9.96. The van der Waals surface area contributed by atoms with Gasteiger partial charge in [0.25, 0.3) is 0 Å². The molecule has 3 rings (SSSR count). The van der Waals surface area contributed by atoms with Gasteiger partial charge in [0.2, 0.25) is 0 Å². The molecule has 90 valence electrons. The van der Waals surface area contributed by atoms with Gasteiger partial charge in [-0.1, -0.05) is 23.7 Å². The number of halogens is 1. The van der Waals surface area contributed by atoms with Crippen LogP contribution in [-0.2, 0) is 4.74 Å². The van der Waals surface area contributed by atoms with Crippen molar-refractivity contribution in [2.45, 2.75) is 18.4 Å². The summed E-state index contributed by atoms with van der Waals surface area (Å²) in [5.41, 5.74) is 2.27. The molecule has 0 bridgehead atoms. The first-order valence-corrected chi connectivity index (χ1v) is 6.07. The number of anilines is 1. The first-order chi connectivity index (χ1) is 8.24. The predicted octanol–water partition coefficient (Wildman–Crippen LogP) is 2.35. The molecule has 1 aromatic rings. The van der Waals surface area contributed by atoms with Crippen molar-refractivity contribution < 1.29 is 9.53 Å². The van der Waals surface area contributed by atoms with E-state index in [1.165, 1.54) is 5.56 Å². The molecule has 1 aromatic carbocycles. The van der Waals surface area contributed by atoms with Gasteiger partial charge >= 0.3 is 6.09 Å². The van der Waals surface area contributed by atoms with Gasteiger partial charge in [0.05, 0.1) is 16.8 Å². The van der Waals surface area contributed by atoms with Crippen molar-refractivity contribution in [2.24, 2.45) is 0 Å². The van der Waals surface area contributed by atoms with Gasteiger partial charge in [-0.15, -0.1) is 0 Å². The molecule has 17 heavy (non-hydrogen) atoms. The molecule has 0 radical (unpaired) electrons. The van der Waals surface area contributed by atoms with Crippen LogP contribution < -0.4 is 10.6 Å². The number of cyclic esters (lactones) is 1. The quantitative estimate of drug-likeness (QED) is 0.850. The Morgan fingerprint density at radius 2 is 2.35 bits per heavy atom. The maximum atomic E-state index is 11.0. The number of alkyl carbamates (subject to hydrolysis) is 1. The van der Waals surface area contributed by atoms with E-state index < -0.39 is 0 Å². The molecule has 2 aliphatic heterocycles. The highest BCUT2D eigenvalue weighted by Gasteiger charge is 2.30. The third-order valence-electron chi connectivity index (χ3n) is 3.32. The zero-order valence-electron chi connectivity index (χ0n) is 9.20. The van der Waals surface area contributed by atoms with Crippen LogP contribution in [0.5, 0.6) is 0 Å². The minimum Gasteiger partial charge on any atom is -0.447 e. The summed E-state index contributed by atoms with van der Waals surface area (Å²) in [6.45, 7) is 1.33. The zero-order chi connectivity index (χ0) is 11.8. The fourth-order valence-corrected chi connectivity index (χ4v) is 2.76. The lowest BCUT2D eigenvalue weighted by atomic mass is 9.94. The lowest BCUT2D eigenvalue weighted by Crippen LogP contribution is -2.28. The predicted molar refractivity (Wildman–Crippen MR) is 65.6 cm³/mol. The fourth-order valence-electron chi connectivity index (χ4n) is 2.51. The van der Waals surface area contributed by atoms with Crippen molar-refractivity contribution in [3.63, 3.8) is 0 Å². The Morgan fingerprint density at radius 3 is 3.12 bits per heavy atom. The van der Waals surface area contributed by atoms with E-state index in [2.05, 4.69) is 16.7 Å². The molecule has 1 fully saturated rings. The SMILES string of the molecule is O=C1NC(CC2CNc3c(Cl)cccc32)CO1. The van der Waals surface area contributed by atoms with Crippen molar-refractivity contribution in [3.8, 4) is 0 Å². The van der Waals surface area contributed by atoms with E-state index in [9.17, 15) is 4.79 Å². The van der Waals surface area contributed by atoms with Gasteiger partial charge in [0, 0.05) is 12.5 Å². The van der Waals surface area contributed by atoms with Crippen LogP contribution >= 0.6 is 11.6 Å². The molecule has 2 N–H and O–H groups in total. The number of nitrogens with one attached hydrogen (secondary N) is 2. The second-order valence-electron chi connectivity index (χ2n) is 4.46. The van der Waals surface area contributed by atoms with E-state index in [-0.39, 0.29) is 12.1 Å². The molecular formula is C12H13ClN2O2. The van der Waals surface area contributed by atoms with Gasteiger partial charge in [-0.05, 0) is 18.1 Å². The molecule has 1 saturated heterocycles. The van der Waals surface area contributed by atoms with Gasteiger partial charge in [-0.2, -0.15) is 0 Å². The lowest BCUT2D eigenvalue weighted by molar-refractivity contribution is 0.176. The van der Waals surface area contributed by atoms with Crippen molar-refractivity contribution in [3.05, 3.63) is 28.8 Å². The summed E-state index contributed by atoms with van der Waals surface area (Å²) in [4.78, 5) is 11.0. The highest BCUT2D eigenvalue weighted by Crippen LogP contribution is 2.38. The van der Waals surface area contributed by atoms with Gasteiger partial charge < -0.3 is 15.4 Å². The molecule has 1 amide bonds. The largest absolute Gasteiger partial charge is 0.447 e. The van der Waals surface area contributed by atoms with E-state index in [1.54, 1.807) is 0 Å². The molecule has 2 aliphatic rings. The molecule has 0 aromatic heterocycles. The molecular weight excluding hydrogens is 240 g/mol. The van der Waals surface area contributed by atoms with Crippen LogP contribution in [0.4, 0.5) is 10.5 Å². The van der Waals surface area contributed by atoms with E-state index in [4.69, 9.17) is 16.3 Å². The van der Waals surface area contributed by atoms with Crippen molar-refractivity contribution in [1.82, 2.24) is 5.32 Å². The van der Waals surface area contributed by atoms with Gasteiger partial charge in [-0.25, -0.2) is 4.79 Å². The fraction of sp³-hybridized carbons (Fsp3) is 0.417. The first kappa shape index (κ1) is 10.7. The number of benzene rings is 1. The molecule has 2 heterocycles. The average Bonchev–Trinajstić information content (AvgIpc) is 2.88. The van der Waals surface area contributed by atoms with Crippen LogP contribution in [0.25, 0.3) is 0 Å². The molecule has 4 nitrogen and oxygen atoms in total. The Kier molecular flexibility index (Phi) is 2.59. The number of fused-ring (bicyclic) bond motifs is 1. The number of carbonyl (C=O) groups excluding carboxylic acids is 1. The maximum absolute atomic E-state index is 11.0. The molecule has 0 spiro atoms. The summed E-state index contributed by atoms with van der Waals surface area (Å²) in [5.74, 6) is 0.385. The molecule has 0 aliphatic carbocycles. The second-order valence-corrected chi connectivity index (χ2v) is 4.86. The Bertz CT molecular complexity index is 464. The molecule has 0 saturated carbocycles. The van der Waals surface area contributed by atoms with E-state index in [1.807, 2.05) is 12.1 Å². The standard InChI is InChI=1S/C12H13ClN2O2/c13-10-3-1-2-9-7(5-14-11(9)10)4-8-6-17-12(16)15-8/h1-3,7-8,14H,4-6H2,(H,15,16). The summed E-state index contributed by atoms with van der Waals surface area (Å²) in [7, 11) is 0. The smallest absolute Gasteiger partial charge is 0.407 e. The monoisotopic (exact) mass is 252 g/mol. The summed E-state index contributed by atoms with van der Waals surface area (Å²) in [6, 6.07) is 6.05. The van der Waals surface area contributed by atoms with Crippen LogP contribution in [0.3, 0.4) is 0 Å². The maximum Gasteiger partial charge on any atom is 0.407 e. The number of ether oxygens (including phenoxy) is 1. The minimum absolute atomic E-state index is 0.110. The third kappa shape index (κ3) is 1.93. The molecule has 2 atom stereocenters. The summed E-state index contributed by atoms with van der Waals surface area (Å²) in [6.07, 6.45) is 0.568. The Morgan fingerprint density at radius 1 is 1.47 bits per heavy atom. The number of amides is 1. The molecule has 5 heteroatoms. The summed E-state index contributed by atoms with van der Waals surface area (Å²) < 4.78 is 4.89. The highest BCUT2D eigenvalue weighted by atomic mass is 35.5. The number of hydrogen-bond acceptors (Lipinski definition) is 3. The number of para-hydroxylation sites is 1. The average molecular weight is 253 g/mol. The first-order valence-electron chi connectivity index (χ1n) is 5.69. The van der Waals surface area contributed by atoms with Crippen molar-refractivity contribution in [1.29, 1.82) is 0 Å². The molecule has 2 unspecified atom stereocenters. The highest BCUT2D eigenvalue weighted by molar-refractivity contribution is 6.33. The van der Waals surface area contributed by atoms with Crippen LogP contribution in [0.1, 0.15) is 17.9 Å². The number of rotatable bonds is 2. The Labute approximate surface area is 104 Å². The summed E-state index contributed by atoms with van der Waals surface area (Å²) in [5, 5.41) is 6.88. The lowest BCUT2D eigenvalue weighted by Gasteiger charge is -2.13. The second kappa shape index (κ2) is 4.11. The van der Waals surface area contributed by atoms with Crippen LogP contribution in [0, 0.1) is 0 Å². The van der Waals surface area contributed by atoms with Crippen molar-refractivity contribution >= 4 is 23.4 Å². The Hall–Kier alpha value is -1.42. The van der Waals surface area contributed by atoms with Crippen molar-refractivity contribution in [2.75, 3.05) is 18.5 Å². The van der Waals surface area contributed by atoms with Crippen LogP contribution in [0.15, 0.2) is 18.2 Å². The minimum atomic E-state index is -0.313. The Balaban J connectivity index is 1.75. The topological polar surface area (TPSA) is 50.4 Å². The van der Waals surface area contributed by atoms with Gasteiger partial charge in [0.1, 0.15) is 6.61 Å². The normalized spacial score (nSPS) is 26.1. The number of carbonyl (C=O) groups is 1.